The van der Waals surface area contributed by atoms with Crippen LogP contribution < -0.4 is 0 Å². The second kappa shape index (κ2) is 3.20. The van der Waals surface area contributed by atoms with Gasteiger partial charge in [0.05, 0.1) is 6.61 Å². The molecule has 0 bridgehead atoms. The van der Waals surface area contributed by atoms with Crippen molar-refractivity contribution in [2.24, 2.45) is 0 Å². The van der Waals surface area contributed by atoms with E-state index in [0.29, 0.717) is 18.6 Å². The molecule has 0 fully saturated rings. The molecule has 1 aromatic carbocycles. The van der Waals surface area contributed by atoms with Gasteiger partial charge in [-0.1, -0.05) is 18.1 Å². The number of benzene rings is 1. The molecule has 1 heterocycles. The SMILES string of the molecule is C#C[C@H]1OCCc2c(F)cccc21. The summed E-state index contributed by atoms with van der Waals surface area (Å²) in [5.41, 5.74) is 1.51. The van der Waals surface area contributed by atoms with Crippen molar-refractivity contribution in [3.8, 4) is 12.3 Å². The summed E-state index contributed by atoms with van der Waals surface area (Å²) in [4.78, 5) is 0. The van der Waals surface area contributed by atoms with Crippen molar-refractivity contribution in [2.75, 3.05) is 6.61 Å². The van der Waals surface area contributed by atoms with E-state index in [0.717, 1.165) is 5.56 Å². The first-order valence-corrected chi connectivity index (χ1v) is 4.18. The Hall–Kier alpha value is -1.33. The normalized spacial score (nSPS) is 20.5. The molecule has 0 saturated heterocycles. The van der Waals surface area contributed by atoms with Crippen LogP contribution in [0.15, 0.2) is 18.2 Å². The number of rotatable bonds is 0. The molecule has 2 rings (SSSR count). The molecule has 1 atom stereocenters. The first kappa shape index (κ1) is 8.28. The van der Waals surface area contributed by atoms with E-state index in [4.69, 9.17) is 11.2 Å². The molecule has 1 nitrogen and oxygen atoms in total. The third-order valence-electron chi connectivity index (χ3n) is 2.23. The van der Waals surface area contributed by atoms with E-state index in [9.17, 15) is 4.39 Å². The van der Waals surface area contributed by atoms with Gasteiger partial charge in [0.2, 0.25) is 0 Å². The Morgan fingerprint density at radius 1 is 1.54 bits per heavy atom. The number of hydrogen-bond donors (Lipinski definition) is 0. The predicted octanol–water partition coefficient (Wildman–Crippen LogP) is 2.07. The summed E-state index contributed by atoms with van der Waals surface area (Å²) in [6, 6.07) is 4.94. The molecule has 0 N–H and O–H groups in total. The summed E-state index contributed by atoms with van der Waals surface area (Å²) < 4.78 is 18.6. The number of fused-ring (bicyclic) bond motifs is 1. The van der Waals surface area contributed by atoms with Crippen LogP contribution in [0, 0.1) is 18.2 Å². The van der Waals surface area contributed by atoms with Crippen molar-refractivity contribution in [1.29, 1.82) is 0 Å². The summed E-state index contributed by atoms with van der Waals surface area (Å²) >= 11 is 0. The van der Waals surface area contributed by atoms with Crippen LogP contribution in [0.1, 0.15) is 17.2 Å². The lowest BCUT2D eigenvalue weighted by molar-refractivity contribution is 0.0802. The topological polar surface area (TPSA) is 9.23 Å². The molecular formula is C11H9FO. The summed E-state index contributed by atoms with van der Waals surface area (Å²) in [5, 5.41) is 0. The quantitative estimate of drug-likeness (QED) is 0.550. The minimum absolute atomic E-state index is 0.180. The zero-order chi connectivity index (χ0) is 9.26. The van der Waals surface area contributed by atoms with Crippen LogP contribution in [-0.4, -0.2) is 6.61 Å². The molecule has 2 heteroatoms. The highest BCUT2D eigenvalue weighted by atomic mass is 19.1. The fraction of sp³-hybridized carbons (Fsp3) is 0.273. The lowest BCUT2D eigenvalue weighted by Crippen LogP contribution is -2.16. The first-order valence-electron chi connectivity index (χ1n) is 4.18. The Morgan fingerprint density at radius 2 is 2.38 bits per heavy atom. The van der Waals surface area contributed by atoms with Gasteiger partial charge in [0.15, 0.2) is 0 Å². The van der Waals surface area contributed by atoms with Gasteiger partial charge in [-0.05, 0) is 23.6 Å². The Morgan fingerprint density at radius 3 is 3.15 bits per heavy atom. The van der Waals surface area contributed by atoms with Crippen LogP contribution in [0.2, 0.25) is 0 Å². The second-order valence-corrected chi connectivity index (χ2v) is 2.98. The molecule has 0 radical (unpaired) electrons. The van der Waals surface area contributed by atoms with Gasteiger partial charge in [0.25, 0.3) is 0 Å². The fourth-order valence-corrected chi connectivity index (χ4v) is 1.59. The molecule has 0 unspecified atom stereocenters. The van der Waals surface area contributed by atoms with Crippen molar-refractivity contribution >= 4 is 0 Å². The molecule has 66 valence electrons. The van der Waals surface area contributed by atoms with E-state index in [1.807, 2.05) is 6.07 Å². The van der Waals surface area contributed by atoms with Gasteiger partial charge in [-0.15, -0.1) is 6.42 Å². The molecule has 1 aliphatic rings. The van der Waals surface area contributed by atoms with Gasteiger partial charge < -0.3 is 4.74 Å². The molecule has 0 saturated carbocycles. The minimum atomic E-state index is -0.376. The summed E-state index contributed by atoms with van der Waals surface area (Å²) in [6.45, 7) is 0.503. The highest BCUT2D eigenvalue weighted by Gasteiger charge is 2.20. The summed E-state index contributed by atoms with van der Waals surface area (Å²) in [6.07, 6.45) is 5.51. The molecule has 0 spiro atoms. The third-order valence-corrected chi connectivity index (χ3v) is 2.23. The monoisotopic (exact) mass is 176 g/mol. The predicted molar refractivity (Wildman–Crippen MR) is 47.6 cm³/mol. The second-order valence-electron chi connectivity index (χ2n) is 2.98. The van der Waals surface area contributed by atoms with Gasteiger partial charge in [0, 0.05) is 0 Å². The standard InChI is InChI=1S/C11H9FO/c1-2-11-9-4-3-5-10(12)8(9)6-7-13-11/h1,3-5,11H,6-7H2/t11-/m1/s1. The molecule has 0 aliphatic carbocycles. The van der Waals surface area contributed by atoms with Crippen molar-refractivity contribution in [3.05, 3.63) is 35.1 Å². The molecule has 0 aromatic heterocycles. The average Bonchev–Trinajstić information content (AvgIpc) is 2.18. The van der Waals surface area contributed by atoms with Crippen molar-refractivity contribution < 1.29 is 9.13 Å². The smallest absolute Gasteiger partial charge is 0.143 e. The zero-order valence-corrected chi connectivity index (χ0v) is 7.09. The van der Waals surface area contributed by atoms with E-state index in [2.05, 4.69) is 5.92 Å². The van der Waals surface area contributed by atoms with Crippen molar-refractivity contribution in [1.82, 2.24) is 0 Å². The Kier molecular flexibility index (Phi) is 2.03. The number of hydrogen-bond acceptors (Lipinski definition) is 1. The Bertz CT molecular complexity index is 365. The fourth-order valence-electron chi connectivity index (χ4n) is 1.59. The Balaban J connectivity index is 2.53. The van der Waals surface area contributed by atoms with Gasteiger partial charge in [-0.25, -0.2) is 4.39 Å². The Labute approximate surface area is 76.5 Å². The van der Waals surface area contributed by atoms with E-state index < -0.39 is 0 Å². The van der Waals surface area contributed by atoms with E-state index >= 15 is 0 Å². The lowest BCUT2D eigenvalue weighted by atomic mass is 9.97. The van der Waals surface area contributed by atoms with Gasteiger partial charge >= 0.3 is 0 Å². The largest absolute Gasteiger partial charge is 0.360 e. The van der Waals surface area contributed by atoms with Gasteiger partial charge in [0.1, 0.15) is 11.9 Å². The summed E-state index contributed by atoms with van der Waals surface area (Å²) in [7, 11) is 0. The first-order chi connectivity index (χ1) is 6.33. The molecule has 1 aromatic rings. The maximum absolute atomic E-state index is 13.3. The van der Waals surface area contributed by atoms with Crippen LogP contribution in [0.4, 0.5) is 4.39 Å². The molecular weight excluding hydrogens is 167 g/mol. The highest BCUT2D eigenvalue weighted by Crippen LogP contribution is 2.27. The van der Waals surface area contributed by atoms with Gasteiger partial charge in [-0.2, -0.15) is 0 Å². The van der Waals surface area contributed by atoms with Crippen LogP contribution in [0.25, 0.3) is 0 Å². The molecule has 13 heavy (non-hydrogen) atoms. The van der Waals surface area contributed by atoms with Crippen LogP contribution in [0.3, 0.4) is 0 Å². The third kappa shape index (κ3) is 1.32. The number of terminal acetylenes is 1. The van der Waals surface area contributed by atoms with Gasteiger partial charge in [-0.3, -0.25) is 0 Å². The van der Waals surface area contributed by atoms with E-state index in [1.165, 1.54) is 6.07 Å². The number of halogens is 1. The van der Waals surface area contributed by atoms with Crippen molar-refractivity contribution in [2.45, 2.75) is 12.5 Å². The van der Waals surface area contributed by atoms with Crippen LogP contribution in [-0.2, 0) is 11.2 Å². The van der Waals surface area contributed by atoms with Crippen LogP contribution >= 0.6 is 0 Å². The summed E-state index contributed by atoms with van der Waals surface area (Å²) in [5.74, 6) is 2.32. The van der Waals surface area contributed by atoms with E-state index in [-0.39, 0.29) is 11.9 Å². The maximum atomic E-state index is 13.3. The number of ether oxygens (including phenoxy) is 1. The average molecular weight is 176 g/mol. The van der Waals surface area contributed by atoms with Crippen molar-refractivity contribution in [3.63, 3.8) is 0 Å². The lowest BCUT2D eigenvalue weighted by Gasteiger charge is -2.22. The molecule has 0 amide bonds. The maximum Gasteiger partial charge on any atom is 0.143 e. The zero-order valence-electron chi connectivity index (χ0n) is 7.09. The molecule has 1 aliphatic heterocycles. The highest BCUT2D eigenvalue weighted by molar-refractivity contribution is 5.35. The minimum Gasteiger partial charge on any atom is -0.360 e. The van der Waals surface area contributed by atoms with E-state index in [1.54, 1.807) is 6.07 Å². The van der Waals surface area contributed by atoms with Crippen LogP contribution in [0.5, 0.6) is 0 Å².